The summed E-state index contributed by atoms with van der Waals surface area (Å²) >= 11 is 0. The number of rotatable bonds is 4. The Kier molecular flexibility index (Phi) is 4.40. The minimum absolute atomic E-state index is 0.117. The summed E-state index contributed by atoms with van der Waals surface area (Å²) in [5.41, 5.74) is 7.42. The second-order valence-electron chi connectivity index (χ2n) is 5.50. The molecule has 1 aliphatic rings. The topological polar surface area (TPSA) is 66.0 Å². The molecule has 4 nitrogen and oxygen atoms in total. The number of nitrogens with zero attached hydrogens (tertiary/aromatic N) is 2. The molecule has 1 aliphatic carbocycles. The standard InChI is InChI=1S/C15H24N4/c1-3-11-4-6-12(7-5-11)19(2)14-10-18-9-8-13(14)15(16)17/h8-12H,3-7H2,1-2H3,(H3,16,17). The molecule has 104 valence electrons. The van der Waals surface area contributed by atoms with Crippen molar-refractivity contribution in [2.24, 2.45) is 11.7 Å². The van der Waals surface area contributed by atoms with Gasteiger partial charge in [-0.05, 0) is 37.7 Å². The van der Waals surface area contributed by atoms with Crippen LogP contribution in [0.1, 0.15) is 44.6 Å². The molecule has 4 heteroatoms. The third kappa shape index (κ3) is 3.06. The Morgan fingerprint density at radius 2 is 2.11 bits per heavy atom. The molecule has 1 heterocycles. The molecule has 2 rings (SSSR count). The van der Waals surface area contributed by atoms with Crippen LogP contribution in [-0.4, -0.2) is 23.9 Å². The Bertz CT molecular complexity index is 436. The maximum Gasteiger partial charge on any atom is 0.125 e. The Morgan fingerprint density at radius 1 is 1.42 bits per heavy atom. The lowest BCUT2D eigenvalue weighted by Crippen LogP contribution is -2.36. The Balaban J connectivity index is 2.12. The van der Waals surface area contributed by atoms with E-state index >= 15 is 0 Å². The quantitative estimate of drug-likeness (QED) is 0.646. The molecule has 0 aromatic carbocycles. The maximum absolute atomic E-state index is 7.67. The zero-order valence-corrected chi connectivity index (χ0v) is 11.9. The number of nitrogen functional groups attached to an aromatic ring is 1. The van der Waals surface area contributed by atoms with Crippen molar-refractivity contribution in [1.29, 1.82) is 5.41 Å². The third-order valence-electron chi connectivity index (χ3n) is 4.41. The monoisotopic (exact) mass is 260 g/mol. The van der Waals surface area contributed by atoms with E-state index in [2.05, 4.69) is 23.9 Å². The number of pyridine rings is 1. The number of anilines is 1. The molecule has 0 atom stereocenters. The van der Waals surface area contributed by atoms with E-state index in [1.54, 1.807) is 6.20 Å². The molecule has 0 radical (unpaired) electrons. The fourth-order valence-electron chi connectivity index (χ4n) is 3.03. The average molecular weight is 260 g/mol. The van der Waals surface area contributed by atoms with E-state index in [-0.39, 0.29) is 5.84 Å². The predicted octanol–water partition coefficient (Wildman–Crippen LogP) is 2.77. The minimum atomic E-state index is 0.117. The van der Waals surface area contributed by atoms with E-state index in [0.717, 1.165) is 17.2 Å². The van der Waals surface area contributed by atoms with Crippen LogP contribution in [0.4, 0.5) is 5.69 Å². The van der Waals surface area contributed by atoms with Crippen LogP contribution in [0, 0.1) is 11.3 Å². The Labute approximate surface area is 115 Å². The van der Waals surface area contributed by atoms with Crippen molar-refractivity contribution in [2.45, 2.75) is 45.1 Å². The van der Waals surface area contributed by atoms with Crippen molar-refractivity contribution in [1.82, 2.24) is 4.98 Å². The van der Waals surface area contributed by atoms with Gasteiger partial charge in [0.15, 0.2) is 0 Å². The molecule has 0 spiro atoms. The summed E-state index contributed by atoms with van der Waals surface area (Å²) in [5.74, 6) is 1.01. The molecule has 1 saturated carbocycles. The third-order valence-corrected chi connectivity index (χ3v) is 4.41. The average Bonchev–Trinajstić information content (AvgIpc) is 2.46. The van der Waals surface area contributed by atoms with Crippen LogP contribution >= 0.6 is 0 Å². The molecular weight excluding hydrogens is 236 g/mol. The fraction of sp³-hybridized carbons (Fsp3) is 0.600. The fourth-order valence-corrected chi connectivity index (χ4v) is 3.03. The Hall–Kier alpha value is -1.58. The van der Waals surface area contributed by atoms with Crippen LogP contribution < -0.4 is 10.6 Å². The summed E-state index contributed by atoms with van der Waals surface area (Å²) < 4.78 is 0. The summed E-state index contributed by atoms with van der Waals surface area (Å²) in [5, 5.41) is 7.67. The summed E-state index contributed by atoms with van der Waals surface area (Å²) in [4.78, 5) is 6.44. The highest BCUT2D eigenvalue weighted by atomic mass is 15.1. The zero-order chi connectivity index (χ0) is 13.8. The molecule has 0 aliphatic heterocycles. The summed E-state index contributed by atoms with van der Waals surface area (Å²) in [6.45, 7) is 2.28. The van der Waals surface area contributed by atoms with Crippen molar-refractivity contribution in [2.75, 3.05) is 11.9 Å². The van der Waals surface area contributed by atoms with Crippen molar-refractivity contribution >= 4 is 11.5 Å². The first-order valence-corrected chi connectivity index (χ1v) is 7.14. The van der Waals surface area contributed by atoms with Gasteiger partial charge in [-0.15, -0.1) is 0 Å². The number of hydrogen-bond donors (Lipinski definition) is 2. The number of aromatic nitrogens is 1. The number of hydrogen-bond acceptors (Lipinski definition) is 3. The lowest BCUT2D eigenvalue weighted by molar-refractivity contribution is 0.313. The number of nitrogens with one attached hydrogen (secondary N) is 1. The summed E-state index contributed by atoms with van der Waals surface area (Å²) in [6, 6.07) is 2.37. The molecule has 0 bridgehead atoms. The molecule has 19 heavy (non-hydrogen) atoms. The van der Waals surface area contributed by atoms with Gasteiger partial charge >= 0.3 is 0 Å². The van der Waals surface area contributed by atoms with E-state index in [9.17, 15) is 0 Å². The van der Waals surface area contributed by atoms with E-state index in [1.165, 1.54) is 32.1 Å². The molecule has 0 amide bonds. The van der Waals surface area contributed by atoms with E-state index in [0.29, 0.717) is 6.04 Å². The smallest absolute Gasteiger partial charge is 0.125 e. The highest BCUT2D eigenvalue weighted by molar-refractivity contribution is 6.00. The van der Waals surface area contributed by atoms with Crippen LogP contribution in [0.15, 0.2) is 18.5 Å². The molecule has 3 N–H and O–H groups in total. The van der Waals surface area contributed by atoms with E-state index in [1.807, 2.05) is 12.3 Å². The lowest BCUT2D eigenvalue weighted by atomic mass is 9.84. The van der Waals surface area contributed by atoms with Crippen LogP contribution in [0.3, 0.4) is 0 Å². The first-order chi connectivity index (χ1) is 9.13. The molecule has 0 unspecified atom stereocenters. The second kappa shape index (κ2) is 6.04. The molecule has 0 saturated heterocycles. The van der Waals surface area contributed by atoms with Gasteiger partial charge in [0.25, 0.3) is 0 Å². The van der Waals surface area contributed by atoms with Crippen molar-refractivity contribution in [3.05, 3.63) is 24.0 Å². The number of nitrogens with two attached hydrogens (primary N) is 1. The van der Waals surface area contributed by atoms with Gasteiger partial charge in [-0.3, -0.25) is 10.4 Å². The predicted molar refractivity (Wildman–Crippen MR) is 79.7 cm³/mol. The first-order valence-electron chi connectivity index (χ1n) is 7.14. The number of amidine groups is 1. The van der Waals surface area contributed by atoms with E-state index in [4.69, 9.17) is 11.1 Å². The van der Waals surface area contributed by atoms with Crippen LogP contribution in [0.25, 0.3) is 0 Å². The largest absolute Gasteiger partial charge is 0.384 e. The molecular formula is C15H24N4. The van der Waals surface area contributed by atoms with Crippen LogP contribution in [0.2, 0.25) is 0 Å². The molecule has 1 aromatic rings. The van der Waals surface area contributed by atoms with Crippen molar-refractivity contribution in [3.63, 3.8) is 0 Å². The maximum atomic E-state index is 7.67. The van der Waals surface area contributed by atoms with Gasteiger partial charge in [0, 0.05) is 24.8 Å². The first kappa shape index (κ1) is 13.8. The van der Waals surface area contributed by atoms with Gasteiger partial charge in [-0.1, -0.05) is 13.3 Å². The highest BCUT2D eigenvalue weighted by Crippen LogP contribution is 2.31. The zero-order valence-electron chi connectivity index (χ0n) is 11.9. The van der Waals surface area contributed by atoms with Crippen LogP contribution in [-0.2, 0) is 0 Å². The van der Waals surface area contributed by atoms with Gasteiger partial charge in [0.1, 0.15) is 5.84 Å². The van der Waals surface area contributed by atoms with E-state index < -0.39 is 0 Å². The Morgan fingerprint density at radius 3 is 2.68 bits per heavy atom. The molecule has 1 aromatic heterocycles. The van der Waals surface area contributed by atoms with Crippen LogP contribution in [0.5, 0.6) is 0 Å². The summed E-state index contributed by atoms with van der Waals surface area (Å²) in [7, 11) is 2.10. The second-order valence-corrected chi connectivity index (χ2v) is 5.50. The normalized spacial score (nSPS) is 23.1. The van der Waals surface area contributed by atoms with Gasteiger partial charge in [-0.25, -0.2) is 0 Å². The van der Waals surface area contributed by atoms with Crippen molar-refractivity contribution in [3.8, 4) is 0 Å². The van der Waals surface area contributed by atoms with Crippen molar-refractivity contribution < 1.29 is 0 Å². The van der Waals surface area contributed by atoms with Gasteiger partial charge in [0.2, 0.25) is 0 Å². The lowest BCUT2D eigenvalue weighted by Gasteiger charge is -2.36. The highest BCUT2D eigenvalue weighted by Gasteiger charge is 2.24. The minimum Gasteiger partial charge on any atom is -0.384 e. The SMILES string of the molecule is CCC1CCC(N(C)c2cnccc2C(=N)N)CC1. The van der Waals surface area contributed by atoms with Gasteiger partial charge in [0.05, 0.1) is 11.9 Å². The molecule has 1 fully saturated rings. The summed E-state index contributed by atoms with van der Waals surface area (Å²) in [6.07, 6.45) is 9.87. The van der Waals surface area contributed by atoms with Gasteiger partial charge < -0.3 is 10.6 Å². The van der Waals surface area contributed by atoms with Gasteiger partial charge in [-0.2, -0.15) is 0 Å².